The lowest BCUT2D eigenvalue weighted by atomic mass is 9.99. The summed E-state index contributed by atoms with van der Waals surface area (Å²) in [7, 11) is 0. The molecule has 3 heterocycles. The van der Waals surface area contributed by atoms with Crippen LogP contribution in [0, 0.1) is 6.92 Å². The van der Waals surface area contributed by atoms with Gasteiger partial charge in [0.05, 0.1) is 13.2 Å². The summed E-state index contributed by atoms with van der Waals surface area (Å²) in [6, 6.07) is 5.90. The van der Waals surface area contributed by atoms with E-state index in [0.717, 1.165) is 0 Å². The summed E-state index contributed by atoms with van der Waals surface area (Å²) in [5.74, 6) is -0.874. The molecule has 2 aliphatic rings. The Labute approximate surface area is 197 Å². The topological polar surface area (TPSA) is 206 Å². The van der Waals surface area contributed by atoms with Crippen LogP contribution in [0.1, 0.15) is 5.56 Å². The van der Waals surface area contributed by atoms with Gasteiger partial charge in [-0.05, 0) is 24.6 Å². The van der Waals surface area contributed by atoms with Gasteiger partial charge < -0.3 is 54.0 Å². The van der Waals surface area contributed by atoms with E-state index in [0.29, 0.717) is 10.9 Å². The average molecular weight is 498 g/mol. The fraction of sp³-hybridized carbons (Fsp3) is 0.545. The van der Waals surface area contributed by atoms with Crippen molar-refractivity contribution in [2.24, 2.45) is 0 Å². The van der Waals surface area contributed by atoms with Crippen LogP contribution in [0.25, 0.3) is 11.0 Å². The maximum Gasteiger partial charge on any atom is 0.336 e. The van der Waals surface area contributed by atoms with Crippen LogP contribution in [0.5, 0.6) is 5.75 Å². The Morgan fingerprint density at radius 2 is 1.66 bits per heavy atom. The molecule has 13 heteroatoms. The highest BCUT2D eigenvalue weighted by molar-refractivity contribution is 5.87. The smallest absolute Gasteiger partial charge is 0.336 e. The van der Waals surface area contributed by atoms with Crippen LogP contribution in [0.15, 0.2) is 33.5 Å². The molecule has 13 nitrogen and oxygen atoms in total. The molecule has 4 rings (SSSR count). The van der Waals surface area contributed by atoms with Crippen LogP contribution in [-0.4, -0.2) is 105 Å². The molecule has 35 heavy (non-hydrogen) atoms. The Bertz CT molecular complexity index is 1120. The molecule has 6 N–H and O–H groups in total. The van der Waals surface area contributed by atoms with Gasteiger partial charge >= 0.3 is 5.63 Å². The van der Waals surface area contributed by atoms with Crippen LogP contribution < -0.4 is 10.4 Å². The van der Waals surface area contributed by atoms with Crippen molar-refractivity contribution >= 4 is 16.8 Å². The molecule has 2 fully saturated rings. The highest BCUT2D eigenvalue weighted by atomic mass is 16.7. The summed E-state index contributed by atoms with van der Waals surface area (Å²) in [4.78, 5) is 23.8. The van der Waals surface area contributed by atoms with E-state index in [2.05, 4.69) is 0 Å². The van der Waals surface area contributed by atoms with Gasteiger partial charge in [0.15, 0.2) is 0 Å². The van der Waals surface area contributed by atoms with Crippen molar-refractivity contribution < 1.29 is 58.8 Å². The van der Waals surface area contributed by atoms with Crippen LogP contribution in [0.4, 0.5) is 0 Å². The van der Waals surface area contributed by atoms with E-state index in [-0.39, 0.29) is 11.3 Å². The normalized spacial score (nSPS) is 35.9. The monoisotopic (exact) mass is 498 g/mol. The first-order chi connectivity index (χ1) is 16.6. The molecule has 9 atom stereocenters. The van der Waals surface area contributed by atoms with Crippen molar-refractivity contribution in [2.45, 2.75) is 62.2 Å². The number of aliphatic hydroxyl groups is 6. The zero-order valence-electron chi connectivity index (χ0n) is 18.5. The molecule has 0 bridgehead atoms. The quantitative estimate of drug-likeness (QED) is 0.225. The standard InChI is InChI=1S/C22H26O13/c1-8-4-14(24)33-11-5-9(2-3-10(8)11)32-22-20(30)18(28)16(26)13(35-22)7-31-21-19(29)17(27)15(25)12(6-23)34-21/h2-5,12-13,15-18,20-23,25-28,30H,6-7H2,1H3. The van der Waals surface area contributed by atoms with Crippen molar-refractivity contribution in [3.63, 3.8) is 0 Å². The number of benzene rings is 1. The minimum atomic E-state index is -1.86. The van der Waals surface area contributed by atoms with Crippen LogP contribution in [0.3, 0.4) is 0 Å². The lowest BCUT2D eigenvalue weighted by molar-refractivity contribution is -0.294. The third kappa shape index (κ3) is 5.09. The molecule has 2 aromatic rings. The number of hydrogen-bond acceptors (Lipinski definition) is 13. The lowest BCUT2D eigenvalue weighted by Crippen LogP contribution is -2.61. The Hall–Kier alpha value is -2.46. The molecule has 9 unspecified atom stereocenters. The number of carbonyl (C=O) groups is 1. The Morgan fingerprint density at radius 1 is 0.914 bits per heavy atom. The van der Waals surface area contributed by atoms with Crippen LogP contribution in [-0.2, 0) is 19.0 Å². The average Bonchev–Trinajstić information content (AvgIpc) is 2.83. The summed E-state index contributed by atoms with van der Waals surface area (Å²) in [5, 5.41) is 60.4. The maximum absolute atomic E-state index is 12.1. The van der Waals surface area contributed by atoms with E-state index in [1.165, 1.54) is 18.2 Å². The molecular formula is C22H26O13. The zero-order valence-corrected chi connectivity index (χ0v) is 18.5. The minimum absolute atomic E-state index is 0.132. The van der Waals surface area contributed by atoms with Crippen molar-refractivity contribution in [1.82, 2.24) is 0 Å². The summed E-state index contributed by atoms with van der Waals surface area (Å²) in [5.41, 5.74) is 0.357. The van der Waals surface area contributed by atoms with E-state index in [1.807, 2.05) is 0 Å². The van der Waals surface area contributed by atoms with Crippen molar-refractivity contribution in [1.29, 1.82) is 0 Å². The van der Waals surface area contributed by atoms with E-state index >= 15 is 0 Å². The van der Waals surface area contributed by atoms with E-state index in [4.69, 9.17) is 23.4 Å². The number of ether oxygens (including phenoxy) is 4. The number of ketones is 1. The Kier molecular flexibility index (Phi) is 7.51. The van der Waals surface area contributed by atoms with Crippen molar-refractivity contribution in [3.8, 4) is 5.75 Å². The van der Waals surface area contributed by atoms with Gasteiger partial charge in [0.25, 0.3) is 0 Å². The molecule has 1 aromatic heterocycles. The van der Waals surface area contributed by atoms with E-state index in [1.54, 1.807) is 13.0 Å². The Balaban J connectivity index is 1.46. The minimum Gasteiger partial charge on any atom is -0.462 e. The van der Waals surface area contributed by atoms with Crippen molar-refractivity contribution in [2.75, 3.05) is 13.2 Å². The summed E-state index contributed by atoms with van der Waals surface area (Å²) in [6.45, 7) is 0.494. The first-order valence-electron chi connectivity index (χ1n) is 10.8. The van der Waals surface area contributed by atoms with Crippen LogP contribution in [0.2, 0.25) is 0 Å². The maximum atomic E-state index is 12.1. The van der Waals surface area contributed by atoms with Gasteiger partial charge in [-0.3, -0.25) is 4.79 Å². The number of rotatable bonds is 6. The fourth-order valence-electron chi connectivity index (χ4n) is 3.94. The SMILES string of the molecule is Cc1cc(=O)oc2cc(OC3OC(COC4OC(CO)C(O)C(O)C4=O)C(O)C(O)C3O)ccc12. The molecule has 2 saturated heterocycles. The predicted molar refractivity (Wildman–Crippen MR) is 113 cm³/mol. The molecule has 1 aromatic carbocycles. The first kappa shape index (κ1) is 25.6. The third-order valence-corrected chi connectivity index (χ3v) is 5.96. The van der Waals surface area contributed by atoms with Crippen LogP contribution >= 0.6 is 0 Å². The number of carbonyl (C=O) groups excluding carboxylic acids is 1. The van der Waals surface area contributed by atoms with Gasteiger partial charge in [-0.2, -0.15) is 0 Å². The Morgan fingerprint density at radius 3 is 2.37 bits per heavy atom. The van der Waals surface area contributed by atoms with Gasteiger partial charge in [-0.15, -0.1) is 0 Å². The second-order valence-electron chi connectivity index (χ2n) is 8.40. The summed E-state index contributed by atoms with van der Waals surface area (Å²) < 4.78 is 26.7. The molecular weight excluding hydrogens is 472 g/mol. The van der Waals surface area contributed by atoms with Gasteiger partial charge in [-0.1, -0.05) is 0 Å². The molecule has 2 aliphatic heterocycles. The first-order valence-corrected chi connectivity index (χ1v) is 10.8. The summed E-state index contributed by atoms with van der Waals surface area (Å²) in [6.07, 6.45) is -14.3. The zero-order chi connectivity index (χ0) is 25.4. The van der Waals surface area contributed by atoms with Crippen molar-refractivity contribution in [3.05, 3.63) is 40.2 Å². The molecule has 0 spiro atoms. The van der Waals surface area contributed by atoms with E-state index in [9.17, 15) is 40.2 Å². The second-order valence-corrected chi connectivity index (χ2v) is 8.40. The number of Topliss-reactive ketones (excluding diaryl/α,β-unsaturated/α-hetero) is 1. The predicted octanol–water partition coefficient (Wildman–Crippen LogP) is -2.69. The number of aryl methyl sites for hydroxylation is 1. The highest BCUT2D eigenvalue weighted by Gasteiger charge is 2.47. The third-order valence-electron chi connectivity index (χ3n) is 5.96. The summed E-state index contributed by atoms with van der Waals surface area (Å²) >= 11 is 0. The fourth-order valence-corrected chi connectivity index (χ4v) is 3.94. The highest BCUT2D eigenvalue weighted by Crippen LogP contribution is 2.28. The largest absolute Gasteiger partial charge is 0.462 e. The second kappa shape index (κ2) is 10.3. The van der Waals surface area contributed by atoms with E-state index < -0.39 is 79.9 Å². The van der Waals surface area contributed by atoms with Gasteiger partial charge in [-0.25, -0.2) is 4.79 Å². The molecule has 0 saturated carbocycles. The molecule has 0 amide bonds. The molecule has 192 valence electrons. The van der Waals surface area contributed by atoms with Gasteiger partial charge in [0, 0.05) is 17.5 Å². The molecule has 0 aliphatic carbocycles. The van der Waals surface area contributed by atoms with Gasteiger partial charge in [0.2, 0.25) is 18.4 Å². The number of aliphatic hydroxyl groups excluding tert-OH is 6. The molecule has 0 radical (unpaired) electrons. The lowest BCUT2D eigenvalue weighted by Gasteiger charge is -2.41. The number of hydrogen-bond donors (Lipinski definition) is 6. The number of fused-ring (bicyclic) bond motifs is 1. The van der Waals surface area contributed by atoms with Gasteiger partial charge in [0.1, 0.15) is 54.1 Å².